The summed E-state index contributed by atoms with van der Waals surface area (Å²) in [5.41, 5.74) is 2.35. The van der Waals surface area contributed by atoms with Gasteiger partial charge in [0.2, 0.25) is 0 Å². The van der Waals surface area contributed by atoms with Gasteiger partial charge in [-0.05, 0) is 48.7 Å². The van der Waals surface area contributed by atoms with Crippen molar-refractivity contribution < 1.29 is 9.53 Å². The highest BCUT2D eigenvalue weighted by Gasteiger charge is 2.09. The summed E-state index contributed by atoms with van der Waals surface area (Å²) in [4.78, 5) is 12.4. The Kier molecular flexibility index (Phi) is 6.74. The Bertz CT molecular complexity index is 893. The normalized spacial score (nSPS) is 10.4. The number of hydrogen-bond donors (Lipinski definition) is 1. The Balaban J connectivity index is 1.54. The number of carbonyl (C=O) groups excluding carboxylic acids is 1. The van der Waals surface area contributed by atoms with Crippen LogP contribution in [0, 0.1) is 0 Å². The summed E-state index contributed by atoms with van der Waals surface area (Å²) in [5, 5.41) is 3.67. The van der Waals surface area contributed by atoms with E-state index >= 15 is 0 Å². The molecule has 3 nitrogen and oxygen atoms in total. The molecule has 3 aromatic rings. The average molecular weight is 400 g/mol. The van der Waals surface area contributed by atoms with Crippen LogP contribution >= 0.6 is 23.2 Å². The lowest BCUT2D eigenvalue weighted by Crippen LogP contribution is -2.12. The third kappa shape index (κ3) is 6.02. The maximum absolute atomic E-state index is 12.4. The van der Waals surface area contributed by atoms with Gasteiger partial charge in [0, 0.05) is 27.4 Å². The molecule has 1 N–H and O–H groups in total. The fourth-order valence-electron chi connectivity index (χ4n) is 2.66. The minimum Gasteiger partial charge on any atom is -0.494 e. The molecule has 0 atom stereocenters. The van der Waals surface area contributed by atoms with E-state index in [-0.39, 0.29) is 5.91 Å². The van der Waals surface area contributed by atoms with Crippen LogP contribution in [0.3, 0.4) is 0 Å². The fourth-order valence-corrected chi connectivity index (χ4v) is 3.19. The molecule has 138 valence electrons. The van der Waals surface area contributed by atoms with Crippen molar-refractivity contribution in [2.24, 2.45) is 0 Å². The highest BCUT2D eigenvalue weighted by atomic mass is 35.5. The number of benzene rings is 3. The zero-order valence-corrected chi connectivity index (χ0v) is 16.1. The summed E-state index contributed by atoms with van der Waals surface area (Å²) >= 11 is 11.9. The summed E-state index contributed by atoms with van der Waals surface area (Å²) in [7, 11) is 0. The van der Waals surface area contributed by atoms with E-state index in [1.807, 2.05) is 30.3 Å². The molecule has 0 heterocycles. The molecule has 3 rings (SSSR count). The number of anilines is 1. The Morgan fingerprint density at radius 2 is 1.63 bits per heavy atom. The molecule has 0 saturated heterocycles. The van der Waals surface area contributed by atoms with Crippen LogP contribution in [0.5, 0.6) is 5.75 Å². The van der Waals surface area contributed by atoms with E-state index < -0.39 is 0 Å². The number of carbonyl (C=O) groups is 1. The highest BCUT2D eigenvalue weighted by molar-refractivity contribution is 6.35. The monoisotopic (exact) mass is 399 g/mol. The zero-order valence-electron chi connectivity index (χ0n) is 14.6. The van der Waals surface area contributed by atoms with E-state index in [2.05, 4.69) is 17.4 Å². The van der Waals surface area contributed by atoms with Crippen molar-refractivity contribution in [2.45, 2.75) is 12.8 Å². The molecule has 0 fully saturated rings. The van der Waals surface area contributed by atoms with Gasteiger partial charge in [-0.3, -0.25) is 4.79 Å². The van der Waals surface area contributed by atoms with Gasteiger partial charge in [-0.1, -0.05) is 59.6 Å². The number of ether oxygens (including phenoxy) is 1. The van der Waals surface area contributed by atoms with E-state index in [1.165, 1.54) is 5.56 Å². The first-order valence-electron chi connectivity index (χ1n) is 8.64. The molecular weight excluding hydrogens is 381 g/mol. The lowest BCUT2D eigenvalue weighted by atomic mass is 10.1. The van der Waals surface area contributed by atoms with Gasteiger partial charge in [-0.15, -0.1) is 0 Å². The maximum Gasteiger partial charge on any atom is 0.255 e. The first-order chi connectivity index (χ1) is 13.1. The van der Waals surface area contributed by atoms with Crippen LogP contribution in [-0.4, -0.2) is 12.5 Å². The van der Waals surface area contributed by atoms with E-state index in [0.717, 1.165) is 12.8 Å². The lowest BCUT2D eigenvalue weighted by Gasteiger charge is -2.10. The Morgan fingerprint density at radius 1 is 0.889 bits per heavy atom. The van der Waals surface area contributed by atoms with Crippen molar-refractivity contribution in [3.63, 3.8) is 0 Å². The summed E-state index contributed by atoms with van der Waals surface area (Å²) in [6.45, 7) is 0.607. The fraction of sp³-hybridized carbons (Fsp3) is 0.136. The average Bonchev–Trinajstić information content (AvgIpc) is 2.66. The number of hydrogen-bond acceptors (Lipinski definition) is 2. The lowest BCUT2D eigenvalue weighted by molar-refractivity contribution is 0.102. The molecular formula is C22H19Cl2NO2. The van der Waals surface area contributed by atoms with E-state index in [1.54, 1.807) is 30.3 Å². The van der Waals surface area contributed by atoms with E-state index in [9.17, 15) is 4.79 Å². The minimum atomic E-state index is -0.277. The van der Waals surface area contributed by atoms with Gasteiger partial charge in [0.25, 0.3) is 5.91 Å². The Morgan fingerprint density at radius 3 is 2.37 bits per heavy atom. The van der Waals surface area contributed by atoms with Crippen LogP contribution in [-0.2, 0) is 6.42 Å². The molecule has 0 bridgehead atoms. The molecule has 0 aliphatic carbocycles. The third-order valence-corrected chi connectivity index (χ3v) is 4.37. The van der Waals surface area contributed by atoms with Crippen molar-refractivity contribution >= 4 is 34.8 Å². The largest absolute Gasteiger partial charge is 0.494 e. The summed E-state index contributed by atoms with van der Waals surface area (Å²) in [6, 6.07) is 22.4. The van der Waals surface area contributed by atoms with Crippen LogP contribution in [0.1, 0.15) is 22.3 Å². The first-order valence-corrected chi connectivity index (χ1v) is 9.40. The molecule has 27 heavy (non-hydrogen) atoms. The van der Waals surface area contributed by atoms with E-state index in [4.69, 9.17) is 27.9 Å². The van der Waals surface area contributed by atoms with Crippen LogP contribution in [0.2, 0.25) is 10.0 Å². The second-order valence-electron chi connectivity index (χ2n) is 6.08. The highest BCUT2D eigenvalue weighted by Crippen LogP contribution is 2.22. The van der Waals surface area contributed by atoms with Gasteiger partial charge in [-0.2, -0.15) is 0 Å². The van der Waals surface area contributed by atoms with Gasteiger partial charge >= 0.3 is 0 Å². The van der Waals surface area contributed by atoms with Crippen LogP contribution in [0.4, 0.5) is 5.69 Å². The predicted molar refractivity (Wildman–Crippen MR) is 111 cm³/mol. The molecule has 0 spiro atoms. The Labute approximate surface area is 168 Å². The minimum absolute atomic E-state index is 0.277. The maximum atomic E-state index is 12.4. The molecule has 0 aliphatic rings. The number of rotatable bonds is 7. The van der Waals surface area contributed by atoms with Gasteiger partial charge in [0.05, 0.1) is 6.61 Å². The smallest absolute Gasteiger partial charge is 0.255 e. The van der Waals surface area contributed by atoms with Gasteiger partial charge in [0.1, 0.15) is 5.75 Å². The molecule has 1 amide bonds. The molecule has 0 radical (unpaired) electrons. The third-order valence-electron chi connectivity index (χ3n) is 3.94. The summed E-state index contributed by atoms with van der Waals surface area (Å²) in [5.74, 6) is 0.436. The van der Waals surface area contributed by atoms with Gasteiger partial charge in [0.15, 0.2) is 0 Å². The molecule has 0 aromatic heterocycles. The Hall–Kier alpha value is -2.49. The molecule has 0 aliphatic heterocycles. The van der Waals surface area contributed by atoms with Crippen LogP contribution in [0.15, 0.2) is 72.8 Å². The van der Waals surface area contributed by atoms with Crippen molar-refractivity contribution in [3.05, 3.63) is 94.0 Å². The van der Waals surface area contributed by atoms with Gasteiger partial charge in [-0.25, -0.2) is 0 Å². The van der Waals surface area contributed by atoms with Crippen LogP contribution in [0.25, 0.3) is 0 Å². The predicted octanol–water partition coefficient (Wildman–Crippen LogP) is 6.26. The first kappa shape index (κ1) is 19.3. The molecule has 5 heteroatoms. The van der Waals surface area contributed by atoms with Crippen molar-refractivity contribution in [2.75, 3.05) is 11.9 Å². The molecule has 3 aromatic carbocycles. The molecule has 0 unspecified atom stereocenters. The number of halogens is 2. The number of amides is 1. The second-order valence-corrected chi connectivity index (χ2v) is 6.95. The second kappa shape index (κ2) is 9.45. The quantitative estimate of drug-likeness (QED) is 0.476. The standard InChI is InChI=1S/C22H19Cl2NO2/c23-18-12-17(13-19(24)14-18)22(26)25-20-9-4-10-21(15-20)27-11-5-8-16-6-2-1-3-7-16/h1-4,6-7,9-10,12-15H,5,8,11H2,(H,25,26). The van der Waals surface area contributed by atoms with Gasteiger partial charge < -0.3 is 10.1 Å². The summed E-state index contributed by atoms with van der Waals surface area (Å²) < 4.78 is 5.80. The summed E-state index contributed by atoms with van der Waals surface area (Å²) in [6.07, 6.45) is 1.88. The van der Waals surface area contributed by atoms with Crippen molar-refractivity contribution in [3.8, 4) is 5.75 Å². The van der Waals surface area contributed by atoms with E-state index in [0.29, 0.717) is 33.7 Å². The number of nitrogens with one attached hydrogen (secondary N) is 1. The topological polar surface area (TPSA) is 38.3 Å². The van der Waals surface area contributed by atoms with Crippen molar-refractivity contribution in [1.82, 2.24) is 0 Å². The zero-order chi connectivity index (χ0) is 19.1. The number of aryl methyl sites for hydroxylation is 1. The molecule has 0 saturated carbocycles. The van der Waals surface area contributed by atoms with Crippen molar-refractivity contribution in [1.29, 1.82) is 0 Å². The van der Waals surface area contributed by atoms with Crippen LogP contribution < -0.4 is 10.1 Å². The SMILES string of the molecule is O=C(Nc1cccc(OCCCc2ccccc2)c1)c1cc(Cl)cc(Cl)c1.